The number of pyridine rings is 2. The number of ether oxygens (including phenoxy) is 1. The molecule has 4 nitrogen and oxygen atoms in total. The van der Waals surface area contributed by atoms with Crippen LogP contribution in [-0.2, 0) is 6.54 Å². The lowest BCUT2D eigenvalue weighted by Crippen LogP contribution is -2.22. The van der Waals surface area contributed by atoms with Crippen molar-refractivity contribution in [2.24, 2.45) is 0 Å². The number of methoxy groups -OCH3 is 1. The third-order valence-electron chi connectivity index (χ3n) is 4.83. The molecule has 0 aliphatic heterocycles. The predicted molar refractivity (Wildman–Crippen MR) is 105 cm³/mol. The lowest BCUT2D eigenvalue weighted by atomic mass is 10.0. The monoisotopic (exact) mass is 344 g/mol. The minimum atomic E-state index is -0.000446. The van der Waals surface area contributed by atoms with Crippen LogP contribution in [0.3, 0.4) is 0 Å². The van der Waals surface area contributed by atoms with E-state index in [1.807, 2.05) is 48.7 Å². The molecule has 0 unspecified atom stereocenters. The first kappa shape index (κ1) is 16.3. The first-order valence-corrected chi connectivity index (χ1v) is 8.60. The molecule has 0 aliphatic carbocycles. The lowest BCUT2D eigenvalue weighted by molar-refractivity contribution is 0.414. The molecule has 0 fully saturated rings. The first-order chi connectivity index (χ1) is 12.6. The molecule has 4 aromatic rings. The Morgan fingerprint density at radius 1 is 1.00 bits per heavy atom. The van der Waals surface area contributed by atoms with E-state index in [1.165, 1.54) is 0 Å². The molecular formula is C22H20N2O2. The van der Waals surface area contributed by atoms with Gasteiger partial charge in [0.15, 0.2) is 0 Å². The van der Waals surface area contributed by atoms with Crippen molar-refractivity contribution in [3.63, 3.8) is 0 Å². The van der Waals surface area contributed by atoms with Crippen LogP contribution in [0.2, 0.25) is 0 Å². The molecule has 0 saturated carbocycles. The number of hydrogen-bond donors (Lipinski definition) is 0. The third-order valence-corrected chi connectivity index (χ3v) is 4.83. The Hall–Kier alpha value is -3.14. The molecular weight excluding hydrogens is 324 g/mol. The van der Waals surface area contributed by atoms with Gasteiger partial charge in [0, 0.05) is 11.6 Å². The largest absolute Gasteiger partial charge is 0.497 e. The summed E-state index contributed by atoms with van der Waals surface area (Å²) >= 11 is 0. The van der Waals surface area contributed by atoms with Gasteiger partial charge >= 0.3 is 0 Å². The molecule has 4 rings (SSSR count). The summed E-state index contributed by atoms with van der Waals surface area (Å²) in [5, 5.41) is 2.73. The molecule has 0 saturated heterocycles. The van der Waals surface area contributed by atoms with Crippen LogP contribution in [0.1, 0.15) is 16.8 Å². The van der Waals surface area contributed by atoms with Crippen molar-refractivity contribution in [3.8, 4) is 5.75 Å². The van der Waals surface area contributed by atoms with E-state index >= 15 is 0 Å². The number of nitrogens with zero attached hydrogens (tertiary/aromatic N) is 2. The summed E-state index contributed by atoms with van der Waals surface area (Å²) in [6, 6.07) is 16.0. The number of rotatable bonds is 3. The van der Waals surface area contributed by atoms with Crippen molar-refractivity contribution in [2.75, 3.05) is 7.11 Å². The number of aryl methyl sites for hydroxylation is 2. The maximum Gasteiger partial charge on any atom is 0.261 e. The number of hydrogen-bond acceptors (Lipinski definition) is 3. The second-order valence-corrected chi connectivity index (χ2v) is 6.58. The summed E-state index contributed by atoms with van der Waals surface area (Å²) in [6.07, 6.45) is 1.77. The molecule has 2 aromatic heterocycles. The highest BCUT2D eigenvalue weighted by atomic mass is 16.5. The number of aromatic nitrogens is 2. The molecule has 0 radical (unpaired) electrons. The number of benzene rings is 2. The quantitative estimate of drug-likeness (QED) is 0.523. The van der Waals surface area contributed by atoms with Crippen molar-refractivity contribution in [3.05, 3.63) is 81.9 Å². The van der Waals surface area contributed by atoms with Gasteiger partial charge in [0.1, 0.15) is 5.75 Å². The van der Waals surface area contributed by atoms with Gasteiger partial charge in [-0.3, -0.25) is 9.78 Å². The van der Waals surface area contributed by atoms with E-state index in [4.69, 9.17) is 4.74 Å². The van der Waals surface area contributed by atoms with E-state index in [1.54, 1.807) is 13.3 Å². The highest BCUT2D eigenvalue weighted by Crippen LogP contribution is 2.25. The fourth-order valence-corrected chi connectivity index (χ4v) is 3.47. The Morgan fingerprint density at radius 3 is 2.50 bits per heavy atom. The molecule has 2 heterocycles. The molecule has 0 atom stereocenters. The maximum absolute atomic E-state index is 13.3. The molecule has 0 aliphatic rings. The zero-order valence-electron chi connectivity index (χ0n) is 15.1. The average molecular weight is 344 g/mol. The van der Waals surface area contributed by atoms with E-state index in [9.17, 15) is 4.79 Å². The summed E-state index contributed by atoms with van der Waals surface area (Å²) in [6.45, 7) is 4.44. The predicted octanol–water partition coefficient (Wildman–Crippen LogP) is 4.22. The summed E-state index contributed by atoms with van der Waals surface area (Å²) in [5.74, 6) is 0.806. The van der Waals surface area contributed by atoms with E-state index < -0.39 is 0 Å². The third kappa shape index (κ3) is 2.64. The Labute approximate surface area is 151 Å². The SMILES string of the molecule is COc1ccc(Cn2c(=O)c3c(C)nccc3c3ccc(C)cc32)cc1. The number of fused-ring (bicyclic) bond motifs is 3. The second kappa shape index (κ2) is 6.30. The molecule has 26 heavy (non-hydrogen) atoms. The van der Waals surface area contributed by atoms with Gasteiger partial charge in [0.2, 0.25) is 0 Å². The topological polar surface area (TPSA) is 44.1 Å². The Morgan fingerprint density at radius 2 is 1.77 bits per heavy atom. The van der Waals surface area contributed by atoms with Crippen LogP contribution in [0.25, 0.3) is 21.7 Å². The van der Waals surface area contributed by atoms with E-state index in [-0.39, 0.29) is 5.56 Å². The summed E-state index contributed by atoms with van der Waals surface area (Å²) in [7, 11) is 1.65. The minimum Gasteiger partial charge on any atom is -0.497 e. The Balaban J connectivity index is 2.02. The highest BCUT2D eigenvalue weighted by Gasteiger charge is 2.13. The van der Waals surface area contributed by atoms with E-state index in [0.29, 0.717) is 11.9 Å². The zero-order valence-corrected chi connectivity index (χ0v) is 15.1. The molecule has 2 aromatic carbocycles. The van der Waals surface area contributed by atoms with Crippen molar-refractivity contribution in [1.82, 2.24) is 9.55 Å². The van der Waals surface area contributed by atoms with Crippen molar-refractivity contribution in [1.29, 1.82) is 0 Å². The highest BCUT2D eigenvalue weighted by molar-refractivity contribution is 6.06. The van der Waals surface area contributed by atoms with Crippen LogP contribution in [0.5, 0.6) is 5.75 Å². The average Bonchev–Trinajstić information content (AvgIpc) is 2.65. The first-order valence-electron chi connectivity index (χ1n) is 8.60. The van der Waals surface area contributed by atoms with Crippen molar-refractivity contribution >= 4 is 21.7 Å². The molecule has 0 N–H and O–H groups in total. The molecule has 4 heteroatoms. The standard InChI is InChI=1S/C22H20N2O2/c1-14-4-9-18-19-10-11-23-15(2)21(19)22(25)24(20(18)12-14)13-16-5-7-17(26-3)8-6-16/h4-12H,13H2,1-3H3. The summed E-state index contributed by atoms with van der Waals surface area (Å²) < 4.78 is 7.07. The van der Waals surface area contributed by atoms with Crippen LogP contribution in [0.4, 0.5) is 0 Å². The van der Waals surface area contributed by atoms with Gasteiger partial charge < -0.3 is 9.30 Å². The van der Waals surface area contributed by atoms with Crippen LogP contribution in [0.15, 0.2) is 59.5 Å². The zero-order chi connectivity index (χ0) is 18.3. The molecule has 130 valence electrons. The summed E-state index contributed by atoms with van der Waals surface area (Å²) in [5.41, 5.74) is 3.89. The van der Waals surface area contributed by atoms with Crippen LogP contribution < -0.4 is 10.3 Å². The Kier molecular flexibility index (Phi) is 3.96. The van der Waals surface area contributed by atoms with Gasteiger partial charge in [-0.1, -0.05) is 24.3 Å². The van der Waals surface area contributed by atoms with E-state index in [2.05, 4.69) is 23.2 Å². The van der Waals surface area contributed by atoms with Crippen molar-refractivity contribution in [2.45, 2.75) is 20.4 Å². The molecule has 0 spiro atoms. The van der Waals surface area contributed by atoms with Crippen LogP contribution >= 0.6 is 0 Å². The van der Waals surface area contributed by atoms with Gasteiger partial charge in [0.25, 0.3) is 5.56 Å². The van der Waals surface area contributed by atoms with Gasteiger partial charge in [-0.25, -0.2) is 0 Å². The maximum atomic E-state index is 13.3. The van der Waals surface area contributed by atoms with Gasteiger partial charge in [-0.15, -0.1) is 0 Å². The van der Waals surface area contributed by atoms with Gasteiger partial charge in [-0.05, 0) is 54.6 Å². The van der Waals surface area contributed by atoms with Gasteiger partial charge in [0.05, 0.1) is 30.3 Å². The van der Waals surface area contributed by atoms with Crippen LogP contribution in [-0.4, -0.2) is 16.7 Å². The lowest BCUT2D eigenvalue weighted by Gasteiger charge is -2.15. The van der Waals surface area contributed by atoms with Crippen molar-refractivity contribution < 1.29 is 4.74 Å². The Bertz CT molecular complexity index is 1170. The fraction of sp³-hybridized carbons (Fsp3) is 0.182. The molecule has 0 bridgehead atoms. The fourth-order valence-electron chi connectivity index (χ4n) is 3.47. The summed E-state index contributed by atoms with van der Waals surface area (Å²) in [4.78, 5) is 17.6. The second-order valence-electron chi connectivity index (χ2n) is 6.58. The van der Waals surface area contributed by atoms with Gasteiger partial charge in [-0.2, -0.15) is 0 Å². The smallest absolute Gasteiger partial charge is 0.261 e. The van der Waals surface area contributed by atoms with E-state index in [0.717, 1.165) is 38.9 Å². The minimum absolute atomic E-state index is 0.000446. The van der Waals surface area contributed by atoms with Crippen LogP contribution in [0, 0.1) is 13.8 Å². The normalized spacial score (nSPS) is 11.2. The molecule has 0 amide bonds.